The van der Waals surface area contributed by atoms with Gasteiger partial charge in [-0.15, -0.1) is 0 Å². The van der Waals surface area contributed by atoms with E-state index in [1.54, 1.807) is 38.5 Å². The van der Waals surface area contributed by atoms with Gasteiger partial charge in [-0.3, -0.25) is 14.6 Å². The van der Waals surface area contributed by atoms with Crippen molar-refractivity contribution in [1.29, 1.82) is 0 Å². The van der Waals surface area contributed by atoms with Crippen LogP contribution in [0, 0.1) is 5.82 Å². The van der Waals surface area contributed by atoms with Gasteiger partial charge in [0.05, 0.1) is 31.7 Å². The standard InChI is InChI=1S/C25H24FN3O5/c1-29(2)25(31)18-13-22(32-3)23(33-4)14-20(18)28-24(30)10-8-16-7-9-21(19(26)12-16)34-17-6-5-11-27-15-17/h5-15H,1-4H3,(H,28,30)/b10-8+. The molecule has 9 heteroatoms. The first-order chi connectivity index (χ1) is 16.3. The van der Waals surface area contributed by atoms with E-state index in [1.807, 2.05) is 0 Å². The second-order valence-electron chi connectivity index (χ2n) is 7.26. The third kappa shape index (κ3) is 5.89. The number of methoxy groups -OCH3 is 2. The fraction of sp³-hybridized carbons (Fsp3) is 0.160. The maximum atomic E-state index is 14.4. The van der Waals surface area contributed by atoms with Crippen molar-refractivity contribution in [3.05, 3.63) is 77.9 Å². The third-order valence-corrected chi connectivity index (χ3v) is 4.66. The highest BCUT2D eigenvalue weighted by Gasteiger charge is 2.19. The number of halogens is 1. The highest BCUT2D eigenvalue weighted by Crippen LogP contribution is 2.34. The minimum absolute atomic E-state index is 0.0340. The summed E-state index contributed by atoms with van der Waals surface area (Å²) in [6, 6.07) is 10.7. The zero-order valence-corrected chi connectivity index (χ0v) is 19.2. The Kier molecular flexibility index (Phi) is 7.81. The molecule has 0 spiro atoms. The van der Waals surface area contributed by atoms with Crippen LogP contribution in [0.4, 0.5) is 10.1 Å². The molecule has 0 saturated carbocycles. The van der Waals surface area contributed by atoms with Gasteiger partial charge in [0.15, 0.2) is 23.1 Å². The van der Waals surface area contributed by atoms with Gasteiger partial charge >= 0.3 is 0 Å². The molecule has 1 aromatic heterocycles. The number of aromatic nitrogens is 1. The van der Waals surface area contributed by atoms with Crippen molar-refractivity contribution in [1.82, 2.24) is 9.88 Å². The lowest BCUT2D eigenvalue weighted by Crippen LogP contribution is -2.24. The molecule has 0 saturated heterocycles. The SMILES string of the molecule is COc1cc(NC(=O)/C=C/c2ccc(Oc3cccnc3)c(F)c2)c(C(=O)N(C)C)cc1OC. The monoisotopic (exact) mass is 465 g/mol. The highest BCUT2D eigenvalue weighted by atomic mass is 19.1. The summed E-state index contributed by atoms with van der Waals surface area (Å²) in [4.78, 5) is 30.5. The van der Waals surface area contributed by atoms with E-state index >= 15 is 0 Å². The van der Waals surface area contributed by atoms with Crippen LogP contribution in [0.2, 0.25) is 0 Å². The molecule has 3 aromatic rings. The Balaban J connectivity index is 1.78. The first kappa shape index (κ1) is 24.2. The van der Waals surface area contributed by atoms with E-state index < -0.39 is 11.7 Å². The van der Waals surface area contributed by atoms with Gasteiger partial charge in [0, 0.05) is 32.4 Å². The summed E-state index contributed by atoms with van der Waals surface area (Å²) in [5.74, 6) is -0.296. The van der Waals surface area contributed by atoms with Crippen LogP contribution < -0.4 is 19.5 Å². The second-order valence-corrected chi connectivity index (χ2v) is 7.26. The number of nitrogens with zero attached hydrogens (tertiary/aromatic N) is 2. The maximum absolute atomic E-state index is 14.4. The van der Waals surface area contributed by atoms with Crippen LogP contribution in [-0.2, 0) is 4.79 Å². The lowest BCUT2D eigenvalue weighted by Gasteiger charge is -2.17. The molecule has 176 valence electrons. The lowest BCUT2D eigenvalue weighted by molar-refractivity contribution is -0.111. The second kappa shape index (κ2) is 11.0. The van der Waals surface area contributed by atoms with Crippen LogP contribution in [0.15, 0.2) is 60.9 Å². The lowest BCUT2D eigenvalue weighted by atomic mass is 10.1. The van der Waals surface area contributed by atoms with Crippen LogP contribution in [0.3, 0.4) is 0 Å². The van der Waals surface area contributed by atoms with Gasteiger partial charge in [0.25, 0.3) is 5.91 Å². The highest BCUT2D eigenvalue weighted by molar-refractivity contribution is 6.08. The number of carbonyl (C=O) groups excluding carboxylic acids is 2. The van der Waals surface area contributed by atoms with Gasteiger partial charge in [-0.05, 0) is 42.0 Å². The van der Waals surface area contributed by atoms with Crippen molar-refractivity contribution < 1.29 is 28.2 Å². The number of pyridine rings is 1. The number of amides is 2. The average molecular weight is 465 g/mol. The Morgan fingerprint density at radius 3 is 2.38 bits per heavy atom. The number of nitrogens with one attached hydrogen (secondary N) is 1. The molecule has 0 aliphatic carbocycles. The predicted molar refractivity (Wildman–Crippen MR) is 126 cm³/mol. The van der Waals surface area contributed by atoms with Crippen molar-refractivity contribution in [2.75, 3.05) is 33.6 Å². The Morgan fingerprint density at radius 1 is 1.03 bits per heavy atom. The van der Waals surface area contributed by atoms with E-state index in [-0.39, 0.29) is 22.9 Å². The minimum Gasteiger partial charge on any atom is -0.493 e. The number of hydrogen-bond donors (Lipinski definition) is 1. The molecule has 0 fully saturated rings. The number of carbonyl (C=O) groups is 2. The Bertz CT molecular complexity index is 1210. The molecule has 2 aromatic carbocycles. The molecule has 2 amide bonds. The number of benzene rings is 2. The van der Waals surface area contributed by atoms with E-state index in [1.165, 1.54) is 61.7 Å². The van der Waals surface area contributed by atoms with Gasteiger partial charge in [0.2, 0.25) is 5.91 Å². The van der Waals surface area contributed by atoms with Gasteiger partial charge < -0.3 is 24.4 Å². The molecule has 1 N–H and O–H groups in total. The maximum Gasteiger partial charge on any atom is 0.255 e. The molecule has 0 aliphatic heterocycles. The summed E-state index contributed by atoms with van der Waals surface area (Å²) in [6.45, 7) is 0. The predicted octanol–water partition coefficient (Wildman–Crippen LogP) is 4.38. The van der Waals surface area contributed by atoms with E-state index in [0.717, 1.165) is 0 Å². The van der Waals surface area contributed by atoms with Crippen molar-refractivity contribution in [2.24, 2.45) is 0 Å². The summed E-state index contributed by atoms with van der Waals surface area (Å²) < 4.78 is 30.4. The van der Waals surface area contributed by atoms with Gasteiger partial charge in [-0.2, -0.15) is 0 Å². The van der Waals surface area contributed by atoms with Crippen LogP contribution >= 0.6 is 0 Å². The number of anilines is 1. The Labute approximate surface area is 196 Å². The van der Waals surface area contributed by atoms with Crippen LogP contribution in [0.1, 0.15) is 15.9 Å². The van der Waals surface area contributed by atoms with Crippen LogP contribution in [0.25, 0.3) is 6.08 Å². The van der Waals surface area contributed by atoms with Crippen molar-refractivity contribution in [3.8, 4) is 23.0 Å². The zero-order chi connectivity index (χ0) is 24.7. The van der Waals surface area contributed by atoms with Crippen LogP contribution in [-0.4, -0.2) is 50.0 Å². The largest absolute Gasteiger partial charge is 0.493 e. The molecule has 3 rings (SSSR count). The molecular weight excluding hydrogens is 441 g/mol. The third-order valence-electron chi connectivity index (χ3n) is 4.66. The van der Waals surface area contributed by atoms with Gasteiger partial charge in [-0.25, -0.2) is 4.39 Å². The molecule has 1 heterocycles. The normalized spacial score (nSPS) is 10.6. The molecule has 0 bridgehead atoms. The van der Waals surface area contributed by atoms with E-state index in [4.69, 9.17) is 14.2 Å². The number of rotatable bonds is 8. The van der Waals surface area contributed by atoms with E-state index in [9.17, 15) is 14.0 Å². The average Bonchev–Trinajstić information content (AvgIpc) is 2.84. The Morgan fingerprint density at radius 2 is 1.76 bits per heavy atom. The smallest absolute Gasteiger partial charge is 0.255 e. The van der Waals surface area contributed by atoms with Crippen molar-refractivity contribution in [2.45, 2.75) is 0 Å². The summed E-state index contributed by atoms with van der Waals surface area (Å²) in [5.41, 5.74) is 0.924. The van der Waals surface area contributed by atoms with E-state index in [2.05, 4.69) is 10.3 Å². The fourth-order valence-corrected chi connectivity index (χ4v) is 2.98. The van der Waals surface area contributed by atoms with Gasteiger partial charge in [-0.1, -0.05) is 6.07 Å². The number of ether oxygens (including phenoxy) is 3. The molecular formula is C25H24FN3O5. The van der Waals surface area contributed by atoms with Crippen molar-refractivity contribution in [3.63, 3.8) is 0 Å². The molecule has 0 radical (unpaired) electrons. The summed E-state index contributed by atoms with van der Waals surface area (Å²) >= 11 is 0. The first-order valence-electron chi connectivity index (χ1n) is 10.2. The molecule has 8 nitrogen and oxygen atoms in total. The summed E-state index contributed by atoms with van der Waals surface area (Å²) in [6.07, 6.45) is 5.74. The van der Waals surface area contributed by atoms with Gasteiger partial charge in [0.1, 0.15) is 5.75 Å². The molecule has 0 aliphatic rings. The van der Waals surface area contributed by atoms with E-state index in [0.29, 0.717) is 22.8 Å². The van der Waals surface area contributed by atoms with Crippen molar-refractivity contribution >= 4 is 23.6 Å². The number of hydrogen-bond acceptors (Lipinski definition) is 6. The molecule has 0 unspecified atom stereocenters. The topological polar surface area (TPSA) is 90.0 Å². The quantitative estimate of drug-likeness (QED) is 0.497. The first-order valence-corrected chi connectivity index (χ1v) is 10.2. The Hall–Kier alpha value is -4.40. The summed E-state index contributed by atoms with van der Waals surface area (Å²) in [7, 11) is 6.10. The van der Waals surface area contributed by atoms with Crippen LogP contribution in [0.5, 0.6) is 23.0 Å². The minimum atomic E-state index is -0.592. The summed E-state index contributed by atoms with van der Waals surface area (Å²) in [5, 5.41) is 2.67. The zero-order valence-electron chi connectivity index (χ0n) is 19.2. The molecule has 0 atom stereocenters. The molecule has 34 heavy (non-hydrogen) atoms. The fourth-order valence-electron chi connectivity index (χ4n) is 2.98.